The average Bonchev–Trinajstić information content (AvgIpc) is 3.01. The van der Waals surface area contributed by atoms with Crippen molar-refractivity contribution in [2.24, 2.45) is 5.16 Å². The van der Waals surface area contributed by atoms with Crippen LogP contribution in [0.4, 0.5) is 0 Å². The topological polar surface area (TPSA) is 123 Å². The highest BCUT2D eigenvalue weighted by atomic mass is 16.6. The van der Waals surface area contributed by atoms with Gasteiger partial charge in [0, 0.05) is 32.7 Å². The van der Waals surface area contributed by atoms with Crippen molar-refractivity contribution in [3.63, 3.8) is 0 Å². The van der Waals surface area contributed by atoms with Crippen LogP contribution in [-0.4, -0.2) is 73.2 Å². The molecule has 42 heavy (non-hydrogen) atoms. The number of para-hydroxylation sites is 1. The minimum absolute atomic E-state index is 0.0705. The van der Waals surface area contributed by atoms with Gasteiger partial charge in [-0.05, 0) is 52.2 Å². The van der Waals surface area contributed by atoms with Crippen molar-refractivity contribution >= 4 is 23.6 Å². The number of methoxy groups -OCH3 is 1. The van der Waals surface area contributed by atoms with E-state index in [1.807, 2.05) is 32.0 Å². The second-order valence-corrected chi connectivity index (χ2v) is 10.5. The van der Waals surface area contributed by atoms with Crippen molar-refractivity contribution in [3.8, 4) is 5.75 Å². The van der Waals surface area contributed by atoms with Crippen molar-refractivity contribution in [2.75, 3.05) is 39.0 Å². The fourth-order valence-electron chi connectivity index (χ4n) is 4.75. The zero-order chi connectivity index (χ0) is 30.2. The van der Waals surface area contributed by atoms with Crippen molar-refractivity contribution in [1.29, 1.82) is 0 Å². The Labute approximate surface area is 245 Å². The Balaban J connectivity index is 1.89. The lowest BCUT2D eigenvalue weighted by Crippen LogP contribution is -2.56. The van der Waals surface area contributed by atoms with Gasteiger partial charge in [0.15, 0.2) is 0 Å². The summed E-state index contributed by atoms with van der Waals surface area (Å²) in [4.78, 5) is 46.4. The third kappa shape index (κ3) is 7.29. The highest BCUT2D eigenvalue weighted by Crippen LogP contribution is 2.30. The molecule has 2 aliphatic heterocycles. The Bertz CT molecular complexity index is 1420. The van der Waals surface area contributed by atoms with Crippen LogP contribution in [-0.2, 0) is 23.8 Å². The van der Waals surface area contributed by atoms with E-state index in [2.05, 4.69) is 5.16 Å². The molecule has 1 amide bonds. The Morgan fingerprint density at radius 1 is 1.10 bits per heavy atom. The van der Waals surface area contributed by atoms with Gasteiger partial charge in [0.25, 0.3) is 11.5 Å². The molecule has 0 N–H and O–H groups in total. The molecule has 3 heterocycles. The smallest absolute Gasteiger partial charge is 0.354 e. The zero-order valence-electron chi connectivity index (χ0n) is 24.9. The first-order chi connectivity index (χ1) is 20.2. The van der Waals surface area contributed by atoms with Gasteiger partial charge < -0.3 is 23.8 Å². The standard InChI is InChI=1S/C30H40N4O8/c1-20(2)42-31-21(3)24-18-33(30(37)34(28(24)35)32(4)29(36)26-12-8-9-15-40-26)19-27(41-22-13-16-39-17-14-22)23-10-6-7-11-25(23)38-5/h6-7,10-11,18-20,22,26H,8-9,12-17H2,1-5H3/b27-19-,31-21+. The number of rotatable bonds is 10. The van der Waals surface area contributed by atoms with Gasteiger partial charge in [-0.3, -0.25) is 14.2 Å². The molecule has 228 valence electrons. The molecule has 2 aromatic rings. The van der Waals surface area contributed by atoms with Crippen LogP contribution in [0.1, 0.15) is 64.0 Å². The molecule has 0 saturated carbocycles. The maximum Gasteiger partial charge on any atom is 0.354 e. The van der Waals surface area contributed by atoms with E-state index in [0.29, 0.717) is 56.2 Å². The predicted molar refractivity (Wildman–Crippen MR) is 158 cm³/mol. The summed E-state index contributed by atoms with van der Waals surface area (Å²) in [7, 11) is 2.94. The minimum atomic E-state index is -0.768. The van der Waals surface area contributed by atoms with Gasteiger partial charge in [0.2, 0.25) is 0 Å². The van der Waals surface area contributed by atoms with Gasteiger partial charge in [-0.25, -0.2) is 9.80 Å². The molecule has 12 heteroatoms. The molecule has 4 rings (SSSR count). The molecule has 1 aromatic carbocycles. The predicted octanol–water partition coefficient (Wildman–Crippen LogP) is 2.98. The molecule has 0 radical (unpaired) electrons. The first-order valence-electron chi connectivity index (χ1n) is 14.3. The van der Waals surface area contributed by atoms with Crippen LogP contribution >= 0.6 is 0 Å². The normalized spacial score (nSPS) is 18.6. The van der Waals surface area contributed by atoms with Crippen LogP contribution in [0.2, 0.25) is 0 Å². The lowest BCUT2D eigenvalue weighted by molar-refractivity contribution is -0.134. The van der Waals surface area contributed by atoms with Crippen molar-refractivity contribution in [1.82, 2.24) is 9.24 Å². The van der Waals surface area contributed by atoms with Crippen LogP contribution in [0, 0.1) is 0 Å². The van der Waals surface area contributed by atoms with E-state index in [9.17, 15) is 14.4 Å². The summed E-state index contributed by atoms with van der Waals surface area (Å²) in [5.41, 5.74) is -0.555. The fraction of sp³-hybridized carbons (Fsp3) is 0.533. The van der Waals surface area contributed by atoms with Crippen LogP contribution in [0.3, 0.4) is 0 Å². The maximum absolute atomic E-state index is 13.9. The molecule has 0 spiro atoms. The third-order valence-electron chi connectivity index (χ3n) is 7.05. The number of hydrogen-bond acceptors (Lipinski definition) is 9. The summed E-state index contributed by atoms with van der Waals surface area (Å²) >= 11 is 0. The zero-order valence-corrected chi connectivity index (χ0v) is 24.9. The Morgan fingerprint density at radius 2 is 1.83 bits per heavy atom. The third-order valence-corrected chi connectivity index (χ3v) is 7.05. The second kappa shape index (κ2) is 14.3. The summed E-state index contributed by atoms with van der Waals surface area (Å²) in [5, 5.41) is 5.11. The number of nitrogens with zero attached hydrogens (tertiary/aromatic N) is 4. The highest BCUT2D eigenvalue weighted by Gasteiger charge is 2.29. The molecule has 2 saturated heterocycles. The first-order valence-corrected chi connectivity index (χ1v) is 14.3. The second-order valence-electron chi connectivity index (χ2n) is 10.5. The van der Waals surface area contributed by atoms with Gasteiger partial charge in [-0.1, -0.05) is 17.3 Å². The highest BCUT2D eigenvalue weighted by molar-refractivity contribution is 5.98. The summed E-state index contributed by atoms with van der Waals surface area (Å²) in [6, 6.07) is 7.29. The van der Waals surface area contributed by atoms with E-state index in [4.69, 9.17) is 23.8 Å². The van der Waals surface area contributed by atoms with Crippen molar-refractivity contribution in [2.45, 2.75) is 71.2 Å². The van der Waals surface area contributed by atoms with E-state index in [1.165, 1.54) is 24.0 Å². The number of carbonyl (C=O) groups excluding carboxylic acids is 1. The van der Waals surface area contributed by atoms with E-state index in [0.717, 1.165) is 22.5 Å². The van der Waals surface area contributed by atoms with Crippen molar-refractivity contribution < 1.29 is 28.6 Å². The number of aromatic nitrogens is 2. The van der Waals surface area contributed by atoms with E-state index in [1.54, 1.807) is 20.1 Å². The molecule has 2 aliphatic rings. The molecular formula is C30H40N4O8. The molecule has 12 nitrogen and oxygen atoms in total. The molecule has 0 bridgehead atoms. The van der Waals surface area contributed by atoms with Gasteiger partial charge in [-0.15, -0.1) is 0 Å². The molecule has 1 unspecified atom stereocenters. The van der Waals surface area contributed by atoms with Crippen LogP contribution < -0.4 is 21.0 Å². The van der Waals surface area contributed by atoms with Gasteiger partial charge in [0.05, 0.1) is 43.4 Å². The lowest BCUT2D eigenvalue weighted by Gasteiger charge is -2.28. The quantitative estimate of drug-likeness (QED) is 0.237. The summed E-state index contributed by atoms with van der Waals surface area (Å²) < 4.78 is 25.2. The lowest BCUT2D eigenvalue weighted by atomic mass is 10.1. The van der Waals surface area contributed by atoms with Crippen LogP contribution in [0.25, 0.3) is 12.0 Å². The number of benzene rings is 1. The first kappa shape index (κ1) is 31.0. The van der Waals surface area contributed by atoms with Crippen LogP contribution in [0.15, 0.2) is 45.2 Å². The van der Waals surface area contributed by atoms with E-state index in [-0.39, 0.29) is 23.5 Å². The number of likely N-dealkylation sites (N-methyl/N-ethyl adjacent to an activating group) is 1. The van der Waals surface area contributed by atoms with Gasteiger partial charge in [-0.2, -0.15) is 4.68 Å². The SMILES string of the molecule is COc1ccccc1/C(=C/n1cc(/C(C)=N/OC(C)C)c(=O)n(N(C)C(=O)C2CCCCO2)c1=O)OC1CCOCC1. The Morgan fingerprint density at radius 3 is 2.50 bits per heavy atom. The number of oxime groups is 1. The summed E-state index contributed by atoms with van der Waals surface area (Å²) in [6.07, 6.45) is 5.25. The van der Waals surface area contributed by atoms with Gasteiger partial charge >= 0.3 is 5.69 Å². The van der Waals surface area contributed by atoms with Gasteiger partial charge in [0.1, 0.15) is 29.8 Å². The van der Waals surface area contributed by atoms with Crippen LogP contribution in [0.5, 0.6) is 5.75 Å². The maximum atomic E-state index is 13.9. The minimum Gasteiger partial charge on any atom is -0.496 e. The molecular weight excluding hydrogens is 544 g/mol. The number of hydrogen-bond donors (Lipinski definition) is 0. The largest absolute Gasteiger partial charge is 0.496 e. The average molecular weight is 585 g/mol. The van der Waals surface area contributed by atoms with Crippen molar-refractivity contribution in [3.05, 3.63) is 62.4 Å². The number of carbonyl (C=O) groups is 1. The molecule has 1 aromatic heterocycles. The summed E-state index contributed by atoms with van der Waals surface area (Å²) in [5.74, 6) is 0.412. The number of amides is 1. The monoisotopic (exact) mass is 584 g/mol. The number of ether oxygens (including phenoxy) is 4. The Kier molecular flexibility index (Phi) is 10.6. The molecule has 1 atom stereocenters. The fourth-order valence-corrected chi connectivity index (χ4v) is 4.75. The summed E-state index contributed by atoms with van der Waals surface area (Å²) in [6.45, 7) is 6.77. The van der Waals surface area contributed by atoms with E-state index >= 15 is 0 Å². The molecule has 2 fully saturated rings. The Hall–Kier alpha value is -3.90. The van der Waals surface area contributed by atoms with E-state index < -0.39 is 23.3 Å². The molecule has 0 aliphatic carbocycles.